The van der Waals surface area contributed by atoms with Gasteiger partial charge in [0.1, 0.15) is 11.0 Å². The van der Waals surface area contributed by atoms with Gasteiger partial charge in [0.05, 0.1) is 5.56 Å². The van der Waals surface area contributed by atoms with Crippen molar-refractivity contribution in [2.24, 2.45) is 0 Å². The van der Waals surface area contributed by atoms with E-state index in [1.165, 1.54) is 17.6 Å². The van der Waals surface area contributed by atoms with Crippen molar-refractivity contribution in [3.8, 4) is 0 Å². The van der Waals surface area contributed by atoms with Gasteiger partial charge in [-0.25, -0.2) is 4.21 Å². The summed E-state index contributed by atoms with van der Waals surface area (Å²) >= 11 is 1.51. The highest BCUT2D eigenvalue weighted by Gasteiger charge is 2.08. The fraction of sp³-hybridized carbons (Fsp3) is 0.500. The number of hydrogen-bond acceptors (Lipinski definition) is 4. The van der Waals surface area contributed by atoms with Crippen molar-refractivity contribution in [3.63, 3.8) is 0 Å². The summed E-state index contributed by atoms with van der Waals surface area (Å²) in [6.07, 6.45) is 1.43. The Hall–Kier alpha value is -0.720. The van der Waals surface area contributed by atoms with Crippen LogP contribution in [0.2, 0.25) is 0 Å². The van der Waals surface area contributed by atoms with Crippen molar-refractivity contribution in [2.75, 3.05) is 13.3 Å². The Balaban J connectivity index is 0.00000106. The quantitative estimate of drug-likeness (QED) is 0.865. The SMILES string of the molecule is CC.CNCc1cc(C(=O)NS(C)=O)cs1. The van der Waals surface area contributed by atoms with E-state index in [1.54, 1.807) is 11.4 Å². The van der Waals surface area contributed by atoms with Gasteiger partial charge in [0.25, 0.3) is 5.91 Å². The topological polar surface area (TPSA) is 58.2 Å². The maximum atomic E-state index is 11.4. The summed E-state index contributed by atoms with van der Waals surface area (Å²) in [5.74, 6) is -0.288. The molecule has 0 aromatic carbocycles. The van der Waals surface area contributed by atoms with Crippen LogP contribution in [0.3, 0.4) is 0 Å². The number of rotatable bonds is 4. The smallest absolute Gasteiger partial charge is 0.263 e. The molecule has 1 aromatic heterocycles. The van der Waals surface area contributed by atoms with Crippen LogP contribution in [0.4, 0.5) is 0 Å². The minimum atomic E-state index is -1.30. The largest absolute Gasteiger partial charge is 0.315 e. The third-order valence-corrected chi connectivity index (χ3v) is 2.91. The first-order valence-electron chi connectivity index (χ1n) is 5.00. The van der Waals surface area contributed by atoms with Crippen LogP contribution in [0.15, 0.2) is 11.4 Å². The molecule has 92 valence electrons. The summed E-state index contributed by atoms with van der Waals surface area (Å²) in [6.45, 7) is 4.74. The molecule has 1 amide bonds. The van der Waals surface area contributed by atoms with E-state index in [0.29, 0.717) is 5.56 Å². The Morgan fingerprint density at radius 2 is 2.12 bits per heavy atom. The molecular weight excluding hydrogens is 244 g/mol. The van der Waals surface area contributed by atoms with E-state index in [2.05, 4.69) is 10.0 Å². The zero-order chi connectivity index (χ0) is 12.6. The molecule has 1 rings (SSSR count). The van der Waals surface area contributed by atoms with E-state index >= 15 is 0 Å². The van der Waals surface area contributed by atoms with Crippen molar-refractivity contribution in [1.82, 2.24) is 10.0 Å². The van der Waals surface area contributed by atoms with Crippen LogP contribution in [0.1, 0.15) is 29.1 Å². The van der Waals surface area contributed by atoms with Crippen LogP contribution in [-0.4, -0.2) is 23.4 Å². The summed E-state index contributed by atoms with van der Waals surface area (Å²) in [5, 5.41) is 4.75. The summed E-state index contributed by atoms with van der Waals surface area (Å²) < 4.78 is 13.1. The first-order valence-corrected chi connectivity index (χ1v) is 7.43. The number of nitrogens with one attached hydrogen (secondary N) is 2. The van der Waals surface area contributed by atoms with E-state index < -0.39 is 11.0 Å². The minimum absolute atomic E-state index is 0.288. The van der Waals surface area contributed by atoms with Gasteiger partial charge in [0.2, 0.25) is 0 Å². The molecular formula is C10H18N2O2S2. The summed E-state index contributed by atoms with van der Waals surface area (Å²) in [5.41, 5.74) is 0.565. The number of thiophene rings is 1. The molecule has 1 unspecified atom stereocenters. The number of hydrogen-bond donors (Lipinski definition) is 2. The van der Waals surface area contributed by atoms with Gasteiger partial charge >= 0.3 is 0 Å². The molecule has 0 bridgehead atoms. The van der Waals surface area contributed by atoms with E-state index in [1.807, 2.05) is 20.9 Å². The highest BCUT2D eigenvalue weighted by molar-refractivity contribution is 7.82. The lowest BCUT2D eigenvalue weighted by molar-refractivity contribution is 0.0983. The Morgan fingerprint density at radius 1 is 1.50 bits per heavy atom. The lowest BCUT2D eigenvalue weighted by atomic mass is 10.3. The van der Waals surface area contributed by atoms with Gasteiger partial charge in [-0.05, 0) is 13.1 Å². The predicted molar refractivity (Wildman–Crippen MR) is 70.0 cm³/mol. The Kier molecular flexibility index (Phi) is 8.05. The van der Waals surface area contributed by atoms with Crippen LogP contribution in [0.5, 0.6) is 0 Å². The normalized spacial score (nSPS) is 11.2. The maximum Gasteiger partial charge on any atom is 0.263 e. The molecule has 2 N–H and O–H groups in total. The van der Waals surface area contributed by atoms with Gasteiger partial charge in [-0.2, -0.15) is 0 Å². The van der Waals surface area contributed by atoms with Gasteiger partial charge < -0.3 is 5.32 Å². The fourth-order valence-corrected chi connectivity index (χ4v) is 2.21. The van der Waals surface area contributed by atoms with E-state index in [9.17, 15) is 9.00 Å². The van der Waals surface area contributed by atoms with Crippen LogP contribution in [0, 0.1) is 0 Å². The van der Waals surface area contributed by atoms with Crippen LogP contribution in [-0.2, 0) is 17.5 Å². The summed E-state index contributed by atoms with van der Waals surface area (Å²) in [4.78, 5) is 12.4. The summed E-state index contributed by atoms with van der Waals surface area (Å²) in [6, 6.07) is 1.80. The second-order valence-electron chi connectivity index (χ2n) is 2.72. The fourth-order valence-electron chi connectivity index (χ4n) is 0.956. The van der Waals surface area contributed by atoms with Crippen molar-refractivity contribution in [3.05, 3.63) is 21.9 Å². The lowest BCUT2D eigenvalue weighted by Gasteiger charge is -1.97. The van der Waals surface area contributed by atoms with E-state index in [4.69, 9.17) is 0 Å². The third kappa shape index (κ3) is 5.39. The number of carbonyl (C=O) groups excluding carboxylic acids is 1. The minimum Gasteiger partial charge on any atom is -0.315 e. The molecule has 0 radical (unpaired) electrons. The van der Waals surface area contributed by atoms with Gasteiger partial charge in [-0.1, -0.05) is 13.8 Å². The average Bonchev–Trinajstić information content (AvgIpc) is 2.69. The van der Waals surface area contributed by atoms with Gasteiger partial charge in [0, 0.05) is 23.1 Å². The molecule has 1 aromatic rings. The Morgan fingerprint density at radius 3 is 2.62 bits per heavy atom. The molecule has 0 saturated carbocycles. The molecule has 1 atom stereocenters. The first-order chi connectivity index (χ1) is 7.63. The molecule has 0 aliphatic rings. The highest BCUT2D eigenvalue weighted by atomic mass is 32.2. The van der Waals surface area contributed by atoms with Crippen LogP contribution >= 0.6 is 11.3 Å². The number of carbonyl (C=O) groups is 1. The second kappa shape index (κ2) is 8.43. The first kappa shape index (κ1) is 15.3. The van der Waals surface area contributed by atoms with Gasteiger partial charge in [-0.15, -0.1) is 11.3 Å². The van der Waals surface area contributed by atoms with Crippen molar-refractivity contribution < 1.29 is 9.00 Å². The molecule has 4 nitrogen and oxygen atoms in total. The number of amides is 1. The second-order valence-corrected chi connectivity index (χ2v) is 4.83. The van der Waals surface area contributed by atoms with Gasteiger partial charge in [-0.3, -0.25) is 9.52 Å². The van der Waals surface area contributed by atoms with E-state index in [-0.39, 0.29) is 5.91 Å². The van der Waals surface area contributed by atoms with Crippen LogP contribution < -0.4 is 10.0 Å². The standard InChI is InChI=1S/C8H12N2O2S2.C2H6/c1-9-4-7-3-6(5-13-7)8(11)10-14(2)12;1-2/h3,5,9H,4H2,1-2H3,(H,10,11);1-2H3. The Bertz CT molecular complexity index is 350. The maximum absolute atomic E-state index is 11.4. The molecule has 6 heteroatoms. The van der Waals surface area contributed by atoms with Gasteiger partial charge in [0.15, 0.2) is 0 Å². The molecule has 1 heterocycles. The van der Waals surface area contributed by atoms with E-state index in [0.717, 1.165) is 11.4 Å². The average molecular weight is 262 g/mol. The predicted octanol–water partition coefficient (Wildman–Crippen LogP) is 1.52. The molecule has 0 aliphatic carbocycles. The highest BCUT2D eigenvalue weighted by Crippen LogP contribution is 2.14. The zero-order valence-electron chi connectivity index (χ0n) is 9.99. The molecule has 16 heavy (non-hydrogen) atoms. The molecule has 0 saturated heterocycles. The summed E-state index contributed by atoms with van der Waals surface area (Å²) in [7, 11) is 0.547. The van der Waals surface area contributed by atoms with Crippen molar-refractivity contribution >= 4 is 28.2 Å². The Labute approximate surface area is 103 Å². The van der Waals surface area contributed by atoms with Crippen molar-refractivity contribution in [1.29, 1.82) is 0 Å². The molecule has 0 aliphatic heterocycles. The van der Waals surface area contributed by atoms with Crippen LogP contribution in [0.25, 0.3) is 0 Å². The van der Waals surface area contributed by atoms with Crippen molar-refractivity contribution in [2.45, 2.75) is 20.4 Å². The molecule has 0 spiro atoms. The zero-order valence-corrected chi connectivity index (χ0v) is 11.6. The third-order valence-electron chi connectivity index (χ3n) is 1.50. The lowest BCUT2D eigenvalue weighted by Crippen LogP contribution is -2.24. The molecule has 0 fully saturated rings. The monoisotopic (exact) mass is 262 g/mol.